The van der Waals surface area contributed by atoms with E-state index in [-0.39, 0.29) is 4.90 Å². The lowest BCUT2D eigenvalue weighted by Gasteiger charge is -2.15. The Morgan fingerprint density at radius 3 is 2.44 bits per heavy atom. The van der Waals surface area contributed by atoms with E-state index in [9.17, 15) is 8.42 Å². The summed E-state index contributed by atoms with van der Waals surface area (Å²) in [6.45, 7) is 0.484. The highest BCUT2D eigenvalue weighted by Crippen LogP contribution is 2.37. The number of benzene rings is 2. The highest BCUT2D eigenvalue weighted by atomic mass is 32.2. The maximum Gasteiger partial charge on any atom is 0.177 e. The Kier molecular flexibility index (Phi) is 5.73. The monoisotopic (exact) mass is 467 g/mol. The standard InChI is InChI=1S/C26H21N5O2S/c1-34(32,33)21-14-19(15-27-17-21)25-23-12-7-11-22(18-8-3-2-4-9-18)24(23)26(31-30-25)29-16-20-10-5-6-13-28-20/h2-15,17H,16H2,1H3,(H,29,31). The van der Waals surface area contributed by atoms with Gasteiger partial charge in [-0.2, -0.15) is 0 Å². The molecule has 5 aromatic rings. The van der Waals surface area contributed by atoms with Crippen molar-refractivity contribution in [1.82, 2.24) is 20.2 Å². The van der Waals surface area contributed by atoms with Crippen LogP contribution in [0.25, 0.3) is 33.2 Å². The van der Waals surface area contributed by atoms with E-state index in [1.807, 2.05) is 66.7 Å². The first-order chi connectivity index (χ1) is 16.5. The van der Waals surface area contributed by atoms with Gasteiger partial charge in [0.1, 0.15) is 5.69 Å². The summed E-state index contributed by atoms with van der Waals surface area (Å²) in [6, 6.07) is 23.4. The predicted octanol–water partition coefficient (Wildman–Crippen LogP) is 4.77. The van der Waals surface area contributed by atoms with Gasteiger partial charge in [-0.15, -0.1) is 10.2 Å². The fourth-order valence-corrected chi connectivity index (χ4v) is 4.43. The molecule has 0 bridgehead atoms. The Morgan fingerprint density at radius 2 is 1.68 bits per heavy atom. The smallest absolute Gasteiger partial charge is 0.177 e. The van der Waals surface area contributed by atoms with Crippen LogP contribution in [-0.2, 0) is 16.4 Å². The number of pyridine rings is 2. The first kappa shape index (κ1) is 21.7. The van der Waals surface area contributed by atoms with Crippen LogP contribution in [0.5, 0.6) is 0 Å². The summed E-state index contributed by atoms with van der Waals surface area (Å²) in [6.07, 6.45) is 5.86. The molecule has 0 atom stereocenters. The molecule has 0 unspecified atom stereocenters. The fourth-order valence-electron chi connectivity index (χ4n) is 3.83. The first-order valence-electron chi connectivity index (χ1n) is 10.6. The van der Waals surface area contributed by atoms with Crippen molar-refractivity contribution in [2.75, 3.05) is 11.6 Å². The Bertz CT molecular complexity index is 1570. The van der Waals surface area contributed by atoms with Crippen LogP contribution in [-0.4, -0.2) is 34.8 Å². The number of rotatable bonds is 6. The fraction of sp³-hybridized carbons (Fsp3) is 0.0769. The number of hydrogen-bond donors (Lipinski definition) is 1. The van der Waals surface area contributed by atoms with Gasteiger partial charge in [0.05, 0.1) is 17.1 Å². The molecule has 0 aliphatic carbocycles. The second-order valence-electron chi connectivity index (χ2n) is 7.85. The number of fused-ring (bicyclic) bond motifs is 1. The van der Waals surface area contributed by atoms with Crippen LogP contribution in [0.2, 0.25) is 0 Å². The molecule has 0 amide bonds. The second-order valence-corrected chi connectivity index (χ2v) is 9.86. The minimum absolute atomic E-state index is 0.136. The van der Waals surface area contributed by atoms with Crippen molar-refractivity contribution >= 4 is 26.4 Å². The van der Waals surface area contributed by atoms with Gasteiger partial charge in [0.2, 0.25) is 0 Å². The number of nitrogens with zero attached hydrogens (tertiary/aromatic N) is 4. The molecule has 0 aliphatic heterocycles. The molecular formula is C26H21N5O2S. The maximum atomic E-state index is 12.1. The summed E-state index contributed by atoms with van der Waals surface area (Å²) in [7, 11) is -3.42. The van der Waals surface area contributed by atoms with E-state index < -0.39 is 9.84 Å². The Morgan fingerprint density at radius 1 is 0.853 bits per heavy atom. The zero-order chi connectivity index (χ0) is 23.5. The zero-order valence-corrected chi connectivity index (χ0v) is 19.2. The van der Waals surface area contributed by atoms with Crippen LogP contribution in [0.4, 0.5) is 5.82 Å². The Labute approximate surface area is 197 Å². The summed E-state index contributed by atoms with van der Waals surface area (Å²) < 4.78 is 24.2. The van der Waals surface area contributed by atoms with Crippen molar-refractivity contribution in [1.29, 1.82) is 0 Å². The molecular weight excluding hydrogens is 446 g/mol. The molecule has 3 aromatic heterocycles. The van der Waals surface area contributed by atoms with Crippen molar-refractivity contribution in [3.8, 4) is 22.4 Å². The average Bonchev–Trinajstić information content (AvgIpc) is 2.87. The molecule has 5 rings (SSSR count). The molecule has 0 aliphatic rings. The third kappa shape index (κ3) is 4.35. The minimum Gasteiger partial charge on any atom is -0.362 e. The van der Waals surface area contributed by atoms with Gasteiger partial charge in [0.15, 0.2) is 15.7 Å². The van der Waals surface area contributed by atoms with Crippen LogP contribution in [0.15, 0.2) is 96.3 Å². The van der Waals surface area contributed by atoms with Crippen LogP contribution in [0.1, 0.15) is 5.69 Å². The third-order valence-electron chi connectivity index (χ3n) is 5.47. The molecule has 3 heterocycles. The molecule has 1 N–H and O–H groups in total. The van der Waals surface area contributed by atoms with Crippen molar-refractivity contribution < 1.29 is 8.42 Å². The van der Waals surface area contributed by atoms with E-state index >= 15 is 0 Å². The molecule has 0 saturated heterocycles. The van der Waals surface area contributed by atoms with E-state index in [2.05, 4.69) is 25.5 Å². The van der Waals surface area contributed by atoms with Gasteiger partial charge >= 0.3 is 0 Å². The van der Waals surface area contributed by atoms with E-state index in [0.717, 1.165) is 33.8 Å². The van der Waals surface area contributed by atoms with Gasteiger partial charge in [0, 0.05) is 41.2 Å². The molecule has 0 saturated carbocycles. The summed E-state index contributed by atoms with van der Waals surface area (Å²) in [5.74, 6) is 0.621. The number of aromatic nitrogens is 4. The van der Waals surface area contributed by atoms with E-state index in [4.69, 9.17) is 0 Å². The molecule has 2 aromatic carbocycles. The molecule has 168 valence electrons. The third-order valence-corrected chi connectivity index (χ3v) is 6.55. The summed E-state index contributed by atoms with van der Waals surface area (Å²) >= 11 is 0. The van der Waals surface area contributed by atoms with Gasteiger partial charge in [-0.25, -0.2) is 8.42 Å². The largest absolute Gasteiger partial charge is 0.362 e. The number of nitrogens with one attached hydrogen (secondary N) is 1. The van der Waals surface area contributed by atoms with Crippen LogP contribution in [0, 0.1) is 0 Å². The van der Waals surface area contributed by atoms with Gasteiger partial charge in [-0.05, 0) is 29.3 Å². The average molecular weight is 468 g/mol. The predicted molar refractivity (Wildman–Crippen MR) is 133 cm³/mol. The lowest BCUT2D eigenvalue weighted by atomic mass is 9.97. The molecule has 34 heavy (non-hydrogen) atoms. The summed E-state index contributed by atoms with van der Waals surface area (Å²) in [4.78, 5) is 8.65. The van der Waals surface area contributed by atoms with Gasteiger partial charge < -0.3 is 5.32 Å². The molecule has 0 spiro atoms. The van der Waals surface area contributed by atoms with Crippen molar-refractivity contribution in [2.24, 2.45) is 0 Å². The molecule has 7 nitrogen and oxygen atoms in total. The van der Waals surface area contributed by atoms with E-state index in [0.29, 0.717) is 23.6 Å². The maximum absolute atomic E-state index is 12.1. The quantitative estimate of drug-likeness (QED) is 0.384. The Hall–Kier alpha value is -4.17. The molecule has 0 fully saturated rings. The second kappa shape index (κ2) is 8.99. The highest BCUT2D eigenvalue weighted by Gasteiger charge is 2.17. The first-order valence-corrected chi connectivity index (χ1v) is 12.5. The van der Waals surface area contributed by atoms with Gasteiger partial charge in [-0.1, -0.05) is 54.6 Å². The lowest BCUT2D eigenvalue weighted by molar-refractivity contribution is 0.601. The normalized spacial score (nSPS) is 11.4. The summed E-state index contributed by atoms with van der Waals surface area (Å²) in [5, 5.41) is 14.1. The SMILES string of the molecule is CS(=O)(=O)c1cncc(-c2nnc(NCc3ccccn3)c3c(-c4ccccc4)cccc23)c1. The number of hydrogen-bond acceptors (Lipinski definition) is 7. The van der Waals surface area contributed by atoms with Crippen molar-refractivity contribution in [2.45, 2.75) is 11.4 Å². The van der Waals surface area contributed by atoms with Gasteiger partial charge in [0.25, 0.3) is 0 Å². The lowest BCUT2D eigenvalue weighted by Crippen LogP contribution is -2.06. The van der Waals surface area contributed by atoms with Crippen LogP contribution >= 0.6 is 0 Å². The van der Waals surface area contributed by atoms with E-state index in [1.165, 1.54) is 6.20 Å². The van der Waals surface area contributed by atoms with Crippen LogP contribution in [0.3, 0.4) is 0 Å². The summed E-state index contributed by atoms with van der Waals surface area (Å²) in [5.41, 5.74) is 4.06. The topological polar surface area (TPSA) is 97.7 Å². The molecule has 8 heteroatoms. The number of anilines is 1. The van der Waals surface area contributed by atoms with Gasteiger partial charge in [-0.3, -0.25) is 9.97 Å². The highest BCUT2D eigenvalue weighted by molar-refractivity contribution is 7.90. The number of sulfone groups is 1. The zero-order valence-electron chi connectivity index (χ0n) is 18.4. The van der Waals surface area contributed by atoms with Crippen LogP contribution < -0.4 is 5.32 Å². The van der Waals surface area contributed by atoms with E-state index in [1.54, 1.807) is 18.5 Å². The Balaban J connectivity index is 1.71. The van der Waals surface area contributed by atoms with Crippen molar-refractivity contribution in [3.63, 3.8) is 0 Å². The minimum atomic E-state index is -3.42. The van der Waals surface area contributed by atoms with Crippen molar-refractivity contribution in [3.05, 3.63) is 97.1 Å². The molecule has 0 radical (unpaired) electrons.